The van der Waals surface area contributed by atoms with Gasteiger partial charge in [0.15, 0.2) is 5.60 Å². The average Bonchev–Trinajstić information content (AvgIpc) is 3.27. The molecule has 0 amide bonds. The van der Waals surface area contributed by atoms with E-state index in [2.05, 4.69) is 27.1 Å². The van der Waals surface area contributed by atoms with Crippen LogP contribution in [0.5, 0.6) is 0 Å². The maximum Gasteiger partial charge on any atom is 0.156 e. The lowest BCUT2D eigenvalue weighted by atomic mass is 9.94. The number of benzene rings is 1. The second-order valence-corrected chi connectivity index (χ2v) is 5.63. The molecule has 5 nitrogen and oxygen atoms in total. The molecule has 1 fully saturated rings. The molecule has 1 atom stereocenters. The first kappa shape index (κ1) is 14.1. The van der Waals surface area contributed by atoms with Gasteiger partial charge in [0.25, 0.3) is 0 Å². The molecule has 0 saturated carbocycles. The third-order valence-corrected chi connectivity index (χ3v) is 4.03. The lowest BCUT2D eigenvalue weighted by Crippen LogP contribution is -2.32. The maximum absolute atomic E-state index is 5.94. The molecule has 0 aliphatic carbocycles. The molecule has 1 aliphatic heterocycles. The highest BCUT2D eigenvalue weighted by atomic mass is 16.7. The second kappa shape index (κ2) is 5.95. The standard InChI is InChI=1S/C18H17N3O2/c1-2-6-14(7-3-1)10-18(12-22-13-23-18)17-20-11-16(21-17)15-8-4-5-9-19-15/h1-9,11H,10,12-13H2,(H,20,21). The van der Waals surface area contributed by atoms with Crippen LogP contribution >= 0.6 is 0 Å². The van der Waals surface area contributed by atoms with Crippen molar-refractivity contribution in [2.75, 3.05) is 13.4 Å². The normalized spacial score (nSPS) is 20.7. The number of aromatic amines is 1. The zero-order chi connectivity index (χ0) is 15.5. The van der Waals surface area contributed by atoms with Gasteiger partial charge in [0.2, 0.25) is 0 Å². The molecule has 3 heterocycles. The second-order valence-electron chi connectivity index (χ2n) is 5.63. The van der Waals surface area contributed by atoms with Crippen molar-refractivity contribution in [2.45, 2.75) is 12.0 Å². The molecule has 1 aliphatic rings. The van der Waals surface area contributed by atoms with E-state index in [0.29, 0.717) is 13.0 Å². The molecular weight excluding hydrogens is 290 g/mol. The summed E-state index contributed by atoms with van der Waals surface area (Å²) in [5, 5.41) is 0. The van der Waals surface area contributed by atoms with Gasteiger partial charge in [0.1, 0.15) is 12.6 Å². The van der Waals surface area contributed by atoms with E-state index in [1.807, 2.05) is 36.4 Å². The van der Waals surface area contributed by atoms with Crippen molar-refractivity contribution in [3.8, 4) is 11.4 Å². The van der Waals surface area contributed by atoms with Crippen LogP contribution in [0.4, 0.5) is 0 Å². The summed E-state index contributed by atoms with van der Waals surface area (Å²) in [7, 11) is 0. The van der Waals surface area contributed by atoms with Gasteiger partial charge in [-0.25, -0.2) is 4.98 Å². The zero-order valence-corrected chi connectivity index (χ0v) is 12.6. The summed E-state index contributed by atoms with van der Waals surface area (Å²) in [4.78, 5) is 12.2. The number of hydrogen-bond acceptors (Lipinski definition) is 4. The molecule has 1 saturated heterocycles. The molecular formula is C18H17N3O2. The Balaban J connectivity index is 1.67. The number of imidazole rings is 1. The van der Waals surface area contributed by atoms with E-state index in [1.165, 1.54) is 5.56 Å². The zero-order valence-electron chi connectivity index (χ0n) is 12.6. The third kappa shape index (κ3) is 2.76. The summed E-state index contributed by atoms with van der Waals surface area (Å²) in [6.45, 7) is 0.767. The molecule has 4 rings (SSSR count). The highest BCUT2D eigenvalue weighted by Gasteiger charge is 2.41. The highest BCUT2D eigenvalue weighted by molar-refractivity contribution is 5.52. The Morgan fingerprint density at radius 2 is 1.91 bits per heavy atom. The van der Waals surface area contributed by atoms with Gasteiger partial charge < -0.3 is 14.5 Å². The molecule has 0 spiro atoms. The van der Waals surface area contributed by atoms with E-state index in [0.717, 1.165) is 17.2 Å². The Labute approximate surface area is 134 Å². The van der Waals surface area contributed by atoms with Crippen LogP contribution in [0.1, 0.15) is 11.4 Å². The quantitative estimate of drug-likeness (QED) is 0.805. The van der Waals surface area contributed by atoms with E-state index in [-0.39, 0.29) is 6.79 Å². The summed E-state index contributed by atoms with van der Waals surface area (Å²) < 4.78 is 11.4. The number of nitrogens with zero attached hydrogens (tertiary/aromatic N) is 2. The Hall–Kier alpha value is -2.50. The molecule has 3 aromatic rings. The van der Waals surface area contributed by atoms with Gasteiger partial charge in [0, 0.05) is 12.6 Å². The molecule has 1 N–H and O–H groups in total. The minimum absolute atomic E-state index is 0.284. The number of H-pyrrole nitrogens is 1. The van der Waals surface area contributed by atoms with Gasteiger partial charge in [-0.2, -0.15) is 0 Å². The van der Waals surface area contributed by atoms with Crippen LogP contribution in [0.3, 0.4) is 0 Å². The number of ether oxygens (including phenoxy) is 2. The van der Waals surface area contributed by atoms with Crippen molar-refractivity contribution in [1.29, 1.82) is 0 Å². The van der Waals surface area contributed by atoms with Crippen molar-refractivity contribution < 1.29 is 9.47 Å². The van der Waals surface area contributed by atoms with Crippen molar-refractivity contribution in [3.63, 3.8) is 0 Å². The number of pyridine rings is 1. The number of rotatable bonds is 4. The number of hydrogen-bond donors (Lipinski definition) is 1. The molecule has 23 heavy (non-hydrogen) atoms. The molecule has 0 bridgehead atoms. The first-order valence-electron chi connectivity index (χ1n) is 7.58. The molecule has 2 aromatic heterocycles. The van der Waals surface area contributed by atoms with Crippen LogP contribution in [0, 0.1) is 0 Å². The van der Waals surface area contributed by atoms with Crippen LogP contribution in [0.15, 0.2) is 60.9 Å². The van der Waals surface area contributed by atoms with E-state index in [4.69, 9.17) is 9.47 Å². The first-order valence-corrected chi connectivity index (χ1v) is 7.58. The first-order chi connectivity index (χ1) is 11.4. The van der Waals surface area contributed by atoms with E-state index < -0.39 is 5.60 Å². The third-order valence-electron chi connectivity index (χ3n) is 4.03. The predicted molar refractivity (Wildman–Crippen MR) is 85.5 cm³/mol. The molecule has 1 unspecified atom stereocenters. The van der Waals surface area contributed by atoms with Gasteiger partial charge in [0.05, 0.1) is 24.2 Å². The Morgan fingerprint density at radius 1 is 1.04 bits per heavy atom. The van der Waals surface area contributed by atoms with Gasteiger partial charge in [-0.1, -0.05) is 36.4 Å². The summed E-state index contributed by atoms with van der Waals surface area (Å²) in [6.07, 6.45) is 4.28. The van der Waals surface area contributed by atoms with E-state index in [1.54, 1.807) is 12.4 Å². The lowest BCUT2D eigenvalue weighted by molar-refractivity contribution is -0.0162. The molecule has 116 valence electrons. The van der Waals surface area contributed by atoms with Crippen LogP contribution in [0.2, 0.25) is 0 Å². The number of aromatic nitrogens is 3. The maximum atomic E-state index is 5.94. The fourth-order valence-electron chi connectivity index (χ4n) is 2.86. The fraction of sp³-hybridized carbons (Fsp3) is 0.222. The highest BCUT2D eigenvalue weighted by Crippen LogP contribution is 2.33. The summed E-state index contributed by atoms with van der Waals surface area (Å²) in [6, 6.07) is 16.0. The summed E-state index contributed by atoms with van der Waals surface area (Å²) >= 11 is 0. The molecule has 1 aromatic carbocycles. The van der Waals surface area contributed by atoms with Crippen molar-refractivity contribution in [1.82, 2.24) is 15.0 Å². The topological polar surface area (TPSA) is 60.0 Å². The van der Waals surface area contributed by atoms with Crippen LogP contribution < -0.4 is 0 Å². The van der Waals surface area contributed by atoms with Gasteiger partial charge in [-0.3, -0.25) is 4.98 Å². The predicted octanol–water partition coefficient (Wildman–Crippen LogP) is 2.91. The van der Waals surface area contributed by atoms with Gasteiger partial charge in [-0.15, -0.1) is 0 Å². The average molecular weight is 307 g/mol. The van der Waals surface area contributed by atoms with Crippen molar-refractivity contribution in [3.05, 3.63) is 72.3 Å². The lowest BCUT2D eigenvalue weighted by Gasteiger charge is -2.24. The Kier molecular flexibility index (Phi) is 3.65. The van der Waals surface area contributed by atoms with E-state index in [9.17, 15) is 0 Å². The summed E-state index contributed by atoms with van der Waals surface area (Å²) in [5.41, 5.74) is 2.35. The van der Waals surface area contributed by atoms with Gasteiger partial charge >= 0.3 is 0 Å². The van der Waals surface area contributed by atoms with E-state index >= 15 is 0 Å². The largest absolute Gasteiger partial charge is 0.352 e. The number of nitrogens with one attached hydrogen (secondary N) is 1. The smallest absolute Gasteiger partial charge is 0.156 e. The SMILES string of the molecule is c1ccc(CC2(c3ncc(-c4ccccn4)[nH]3)COCO2)cc1. The van der Waals surface area contributed by atoms with Crippen molar-refractivity contribution in [2.24, 2.45) is 0 Å². The molecule has 5 heteroatoms. The van der Waals surface area contributed by atoms with Gasteiger partial charge in [-0.05, 0) is 17.7 Å². The van der Waals surface area contributed by atoms with Crippen LogP contribution in [-0.4, -0.2) is 28.4 Å². The van der Waals surface area contributed by atoms with Crippen molar-refractivity contribution >= 4 is 0 Å². The fourth-order valence-corrected chi connectivity index (χ4v) is 2.86. The monoisotopic (exact) mass is 307 g/mol. The van der Waals surface area contributed by atoms with Crippen LogP contribution in [0.25, 0.3) is 11.4 Å². The molecule has 0 radical (unpaired) electrons. The minimum Gasteiger partial charge on any atom is -0.352 e. The Bertz CT molecular complexity index is 765. The minimum atomic E-state index is -0.575. The Morgan fingerprint density at radius 3 is 2.65 bits per heavy atom. The summed E-state index contributed by atoms with van der Waals surface area (Å²) in [5.74, 6) is 0.777. The van der Waals surface area contributed by atoms with Crippen LogP contribution in [-0.2, 0) is 21.5 Å².